The van der Waals surface area contributed by atoms with Crippen LogP contribution in [0.4, 0.5) is 10.2 Å². The van der Waals surface area contributed by atoms with Gasteiger partial charge in [0.2, 0.25) is 0 Å². The van der Waals surface area contributed by atoms with Gasteiger partial charge in [0.25, 0.3) is 0 Å². The fourth-order valence-corrected chi connectivity index (χ4v) is 3.78. The molecular formula is C24H23FN6O. The lowest BCUT2D eigenvalue weighted by atomic mass is 10.0. The molecule has 5 rings (SSSR count). The minimum absolute atomic E-state index is 0.0795. The molecule has 0 amide bonds. The maximum atomic E-state index is 13.5. The average Bonchev–Trinajstić information content (AvgIpc) is 3.32. The first-order chi connectivity index (χ1) is 15.7. The Hall–Kier alpha value is -3.65. The molecule has 1 fully saturated rings. The quantitative estimate of drug-likeness (QED) is 0.480. The number of hydrogen-bond donors (Lipinski definition) is 2. The van der Waals surface area contributed by atoms with Crippen LogP contribution in [-0.2, 0) is 6.54 Å². The van der Waals surface area contributed by atoms with E-state index < -0.39 is 0 Å². The predicted octanol–water partition coefficient (Wildman–Crippen LogP) is 3.89. The number of halogens is 1. The van der Waals surface area contributed by atoms with E-state index in [1.54, 1.807) is 12.1 Å². The fraction of sp³-hybridized carbons (Fsp3) is 0.250. The third kappa shape index (κ3) is 4.36. The van der Waals surface area contributed by atoms with Gasteiger partial charge in [0.15, 0.2) is 0 Å². The molecule has 32 heavy (non-hydrogen) atoms. The zero-order valence-electron chi connectivity index (χ0n) is 17.7. The number of nitrogens with one attached hydrogen (secondary N) is 2. The zero-order valence-corrected chi connectivity index (χ0v) is 17.7. The van der Waals surface area contributed by atoms with Crippen molar-refractivity contribution >= 4 is 16.7 Å². The van der Waals surface area contributed by atoms with E-state index in [2.05, 4.69) is 30.8 Å². The SMILES string of the molecule is Cc1ccc(CNc2ncnc3c(O[C@@H]4CCNC4)cc(-c4ccc(F)cc4)cc23)nn1. The van der Waals surface area contributed by atoms with Crippen LogP contribution in [0.1, 0.15) is 17.8 Å². The molecule has 7 nitrogen and oxygen atoms in total. The number of fused-ring (bicyclic) bond motifs is 1. The lowest BCUT2D eigenvalue weighted by molar-refractivity contribution is 0.225. The second kappa shape index (κ2) is 8.84. The summed E-state index contributed by atoms with van der Waals surface area (Å²) in [6.07, 6.45) is 2.55. The molecule has 8 heteroatoms. The Bertz CT molecular complexity index is 1220. The number of anilines is 1. The molecule has 2 N–H and O–H groups in total. The van der Waals surface area contributed by atoms with E-state index >= 15 is 0 Å². The van der Waals surface area contributed by atoms with Crippen molar-refractivity contribution in [2.75, 3.05) is 18.4 Å². The van der Waals surface area contributed by atoms with Crippen molar-refractivity contribution in [2.45, 2.75) is 26.0 Å². The van der Waals surface area contributed by atoms with Gasteiger partial charge in [-0.3, -0.25) is 0 Å². The van der Waals surface area contributed by atoms with Crippen molar-refractivity contribution < 1.29 is 9.13 Å². The van der Waals surface area contributed by atoms with Gasteiger partial charge < -0.3 is 15.4 Å². The van der Waals surface area contributed by atoms with E-state index in [-0.39, 0.29) is 11.9 Å². The van der Waals surface area contributed by atoms with Crippen LogP contribution in [-0.4, -0.2) is 39.4 Å². The molecule has 0 aliphatic carbocycles. The predicted molar refractivity (Wildman–Crippen MR) is 121 cm³/mol. The van der Waals surface area contributed by atoms with Gasteiger partial charge in [0.05, 0.1) is 17.9 Å². The molecule has 0 bridgehead atoms. The van der Waals surface area contributed by atoms with E-state index in [1.165, 1.54) is 18.5 Å². The molecule has 2 aromatic heterocycles. The summed E-state index contributed by atoms with van der Waals surface area (Å²) in [5, 5.41) is 15.8. The topological polar surface area (TPSA) is 84.9 Å². The molecule has 1 saturated heterocycles. The second-order valence-electron chi connectivity index (χ2n) is 7.85. The highest BCUT2D eigenvalue weighted by molar-refractivity contribution is 5.96. The average molecular weight is 430 g/mol. The Morgan fingerprint density at radius 3 is 2.69 bits per heavy atom. The molecule has 2 aromatic carbocycles. The van der Waals surface area contributed by atoms with E-state index in [1.807, 2.05) is 31.2 Å². The van der Waals surface area contributed by atoms with Crippen molar-refractivity contribution in [3.05, 3.63) is 72.1 Å². The third-order valence-corrected chi connectivity index (χ3v) is 5.48. The highest BCUT2D eigenvalue weighted by Gasteiger charge is 2.19. The molecule has 1 atom stereocenters. The Morgan fingerprint density at radius 2 is 1.94 bits per heavy atom. The van der Waals surface area contributed by atoms with Gasteiger partial charge in [0.1, 0.15) is 35.3 Å². The van der Waals surface area contributed by atoms with Gasteiger partial charge in [-0.2, -0.15) is 10.2 Å². The Labute approximate surface area is 185 Å². The normalized spacial score (nSPS) is 15.8. The smallest absolute Gasteiger partial charge is 0.146 e. The number of aryl methyl sites for hydroxylation is 1. The highest BCUT2D eigenvalue weighted by atomic mass is 19.1. The van der Waals surface area contributed by atoms with Crippen LogP contribution < -0.4 is 15.4 Å². The maximum absolute atomic E-state index is 13.5. The molecule has 0 spiro atoms. The van der Waals surface area contributed by atoms with E-state index in [0.29, 0.717) is 18.1 Å². The third-order valence-electron chi connectivity index (χ3n) is 5.48. The second-order valence-corrected chi connectivity index (χ2v) is 7.85. The minimum Gasteiger partial charge on any atom is -0.487 e. The van der Waals surface area contributed by atoms with Crippen LogP contribution in [0.2, 0.25) is 0 Å². The summed E-state index contributed by atoms with van der Waals surface area (Å²) in [6.45, 7) is 4.10. The van der Waals surface area contributed by atoms with Gasteiger partial charge in [0, 0.05) is 11.9 Å². The Kier molecular flexibility index (Phi) is 5.60. The van der Waals surface area contributed by atoms with E-state index in [9.17, 15) is 4.39 Å². The molecule has 0 radical (unpaired) electrons. The summed E-state index contributed by atoms with van der Waals surface area (Å²) in [4.78, 5) is 8.98. The summed E-state index contributed by atoms with van der Waals surface area (Å²) in [6, 6.07) is 14.3. The van der Waals surface area contributed by atoms with Crippen LogP contribution in [0.5, 0.6) is 5.75 Å². The van der Waals surface area contributed by atoms with Crippen LogP contribution in [0.15, 0.2) is 54.9 Å². The van der Waals surface area contributed by atoms with Crippen molar-refractivity contribution in [3.63, 3.8) is 0 Å². The van der Waals surface area contributed by atoms with Crippen molar-refractivity contribution in [1.82, 2.24) is 25.5 Å². The molecule has 4 aromatic rings. The van der Waals surface area contributed by atoms with Crippen LogP contribution in [0, 0.1) is 12.7 Å². The first-order valence-electron chi connectivity index (χ1n) is 10.6. The van der Waals surface area contributed by atoms with Crippen LogP contribution in [0.3, 0.4) is 0 Å². The molecular weight excluding hydrogens is 407 g/mol. The largest absolute Gasteiger partial charge is 0.487 e. The summed E-state index contributed by atoms with van der Waals surface area (Å²) in [7, 11) is 0. The molecule has 0 saturated carbocycles. The summed E-state index contributed by atoms with van der Waals surface area (Å²) in [5.41, 5.74) is 4.21. The lowest BCUT2D eigenvalue weighted by Crippen LogP contribution is -2.19. The minimum atomic E-state index is -0.270. The molecule has 1 aliphatic heterocycles. The van der Waals surface area contributed by atoms with Crippen LogP contribution in [0.25, 0.3) is 22.0 Å². The first kappa shape index (κ1) is 20.3. The van der Waals surface area contributed by atoms with E-state index in [4.69, 9.17) is 4.74 Å². The Balaban J connectivity index is 1.55. The van der Waals surface area contributed by atoms with Gasteiger partial charge >= 0.3 is 0 Å². The van der Waals surface area contributed by atoms with Crippen molar-refractivity contribution in [3.8, 4) is 16.9 Å². The fourth-order valence-electron chi connectivity index (χ4n) is 3.78. The number of hydrogen-bond acceptors (Lipinski definition) is 7. The number of benzene rings is 2. The lowest BCUT2D eigenvalue weighted by Gasteiger charge is -2.17. The summed E-state index contributed by atoms with van der Waals surface area (Å²) < 4.78 is 19.8. The van der Waals surface area contributed by atoms with Gasteiger partial charge in [-0.25, -0.2) is 14.4 Å². The van der Waals surface area contributed by atoms with Crippen LogP contribution >= 0.6 is 0 Å². The maximum Gasteiger partial charge on any atom is 0.146 e. The molecule has 162 valence electrons. The van der Waals surface area contributed by atoms with E-state index in [0.717, 1.165) is 52.9 Å². The van der Waals surface area contributed by atoms with Gasteiger partial charge in [-0.05, 0) is 67.4 Å². The van der Waals surface area contributed by atoms with Crippen molar-refractivity contribution in [1.29, 1.82) is 0 Å². The Morgan fingerprint density at radius 1 is 1.06 bits per heavy atom. The number of aromatic nitrogens is 4. The number of nitrogens with zero attached hydrogens (tertiary/aromatic N) is 4. The monoisotopic (exact) mass is 430 g/mol. The molecule has 3 heterocycles. The first-order valence-corrected chi connectivity index (χ1v) is 10.6. The molecule has 0 unspecified atom stereocenters. The van der Waals surface area contributed by atoms with Gasteiger partial charge in [-0.1, -0.05) is 12.1 Å². The summed E-state index contributed by atoms with van der Waals surface area (Å²) >= 11 is 0. The zero-order chi connectivity index (χ0) is 21.9. The number of ether oxygens (including phenoxy) is 1. The summed E-state index contributed by atoms with van der Waals surface area (Å²) in [5.74, 6) is 1.10. The van der Waals surface area contributed by atoms with Gasteiger partial charge in [-0.15, -0.1) is 0 Å². The number of rotatable bonds is 6. The molecule has 1 aliphatic rings. The highest BCUT2D eigenvalue weighted by Crippen LogP contribution is 2.35. The van der Waals surface area contributed by atoms with Crippen molar-refractivity contribution in [2.24, 2.45) is 0 Å². The standard InChI is InChI=1S/C24H23FN6O/c1-15-2-7-19(31-30-15)12-27-24-21-10-17(16-3-5-18(25)6-4-16)11-22(23(21)28-14-29-24)32-20-8-9-26-13-20/h2-7,10-11,14,20,26H,8-9,12-13H2,1H3,(H,27,28,29)/t20-/m1/s1.